The number of nitrogens with one attached hydrogen (secondary N) is 1. The molecular formula is C15H14FN3O3. The third kappa shape index (κ3) is 3.38. The molecule has 0 aliphatic rings. The number of primary amides is 1. The van der Waals surface area contributed by atoms with Crippen molar-refractivity contribution in [2.75, 3.05) is 5.32 Å². The van der Waals surface area contributed by atoms with Crippen molar-refractivity contribution >= 4 is 17.3 Å². The van der Waals surface area contributed by atoms with Gasteiger partial charge in [0, 0.05) is 29.4 Å². The number of nitro groups is 1. The van der Waals surface area contributed by atoms with Crippen molar-refractivity contribution < 1.29 is 14.1 Å². The second kappa shape index (κ2) is 6.21. The van der Waals surface area contributed by atoms with Crippen molar-refractivity contribution in [3.63, 3.8) is 0 Å². The molecule has 0 bridgehead atoms. The van der Waals surface area contributed by atoms with Gasteiger partial charge >= 0.3 is 0 Å². The van der Waals surface area contributed by atoms with Crippen LogP contribution in [0.4, 0.5) is 15.8 Å². The van der Waals surface area contributed by atoms with Crippen LogP contribution in [0.25, 0.3) is 0 Å². The van der Waals surface area contributed by atoms with Gasteiger partial charge in [-0.3, -0.25) is 14.9 Å². The molecule has 0 aliphatic carbocycles. The molecule has 3 N–H and O–H groups in total. The molecule has 1 amide bonds. The van der Waals surface area contributed by atoms with Gasteiger partial charge in [-0.2, -0.15) is 0 Å². The summed E-state index contributed by atoms with van der Waals surface area (Å²) in [6, 6.07) is 8.62. The largest absolute Gasteiger partial charge is 0.381 e. The monoisotopic (exact) mass is 303 g/mol. The highest BCUT2D eigenvalue weighted by Gasteiger charge is 2.16. The van der Waals surface area contributed by atoms with E-state index in [-0.39, 0.29) is 23.6 Å². The minimum atomic E-state index is -0.733. The number of halogens is 1. The molecule has 2 rings (SSSR count). The van der Waals surface area contributed by atoms with Gasteiger partial charge in [0.15, 0.2) is 0 Å². The van der Waals surface area contributed by atoms with Gasteiger partial charge < -0.3 is 11.1 Å². The van der Waals surface area contributed by atoms with E-state index >= 15 is 0 Å². The van der Waals surface area contributed by atoms with Crippen molar-refractivity contribution in [3.8, 4) is 0 Å². The third-order valence-corrected chi connectivity index (χ3v) is 3.22. The van der Waals surface area contributed by atoms with Crippen molar-refractivity contribution in [2.24, 2.45) is 5.73 Å². The third-order valence-electron chi connectivity index (χ3n) is 3.22. The maximum Gasteiger partial charge on any atom is 0.275 e. The lowest BCUT2D eigenvalue weighted by molar-refractivity contribution is -0.385. The zero-order valence-corrected chi connectivity index (χ0v) is 11.8. The molecule has 0 fully saturated rings. The topological polar surface area (TPSA) is 98.3 Å². The highest BCUT2D eigenvalue weighted by atomic mass is 19.1. The van der Waals surface area contributed by atoms with Crippen LogP contribution in [0.2, 0.25) is 0 Å². The van der Waals surface area contributed by atoms with Crippen LogP contribution in [0, 0.1) is 22.9 Å². The first-order valence-electron chi connectivity index (χ1n) is 6.45. The molecule has 0 atom stereocenters. The first-order chi connectivity index (χ1) is 10.4. The molecule has 0 radical (unpaired) electrons. The number of anilines is 1. The molecule has 0 saturated heterocycles. The van der Waals surface area contributed by atoms with Crippen molar-refractivity contribution in [3.05, 3.63) is 69.0 Å². The van der Waals surface area contributed by atoms with Gasteiger partial charge in [0.25, 0.3) is 5.69 Å². The van der Waals surface area contributed by atoms with E-state index in [0.29, 0.717) is 16.8 Å². The van der Waals surface area contributed by atoms with Crippen LogP contribution in [0.3, 0.4) is 0 Å². The van der Waals surface area contributed by atoms with Crippen LogP contribution in [0.5, 0.6) is 0 Å². The van der Waals surface area contributed by atoms with Gasteiger partial charge in [-0.1, -0.05) is 6.07 Å². The Hall–Kier alpha value is -2.96. The number of hydrogen-bond donors (Lipinski definition) is 2. The summed E-state index contributed by atoms with van der Waals surface area (Å²) in [6.07, 6.45) is 0. The highest BCUT2D eigenvalue weighted by Crippen LogP contribution is 2.22. The quantitative estimate of drug-likeness (QED) is 0.655. The van der Waals surface area contributed by atoms with Gasteiger partial charge in [0.2, 0.25) is 5.91 Å². The zero-order valence-electron chi connectivity index (χ0n) is 11.8. The normalized spacial score (nSPS) is 10.3. The summed E-state index contributed by atoms with van der Waals surface area (Å²) in [5.41, 5.74) is 6.36. The number of rotatable bonds is 5. The van der Waals surface area contributed by atoms with Crippen LogP contribution in [0.15, 0.2) is 36.4 Å². The number of nitro benzene ring substituents is 1. The maximum absolute atomic E-state index is 13.5. The molecule has 0 aliphatic heterocycles. The molecule has 0 saturated carbocycles. The average Bonchev–Trinajstić information content (AvgIpc) is 2.48. The van der Waals surface area contributed by atoms with E-state index in [0.717, 1.165) is 6.07 Å². The molecule has 2 aromatic carbocycles. The second-order valence-corrected chi connectivity index (χ2v) is 4.78. The van der Waals surface area contributed by atoms with E-state index < -0.39 is 10.8 Å². The van der Waals surface area contributed by atoms with Crippen molar-refractivity contribution in [1.29, 1.82) is 0 Å². The fourth-order valence-electron chi connectivity index (χ4n) is 1.94. The van der Waals surface area contributed by atoms with Gasteiger partial charge in [0.1, 0.15) is 5.82 Å². The SMILES string of the molecule is Cc1ccc(NCc2ccc(C(N)=O)cc2[N+](=O)[O-])cc1F. The number of amides is 1. The summed E-state index contributed by atoms with van der Waals surface area (Å²) in [6.45, 7) is 1.77. The Morgan fingerprint density at radius 3 is 2.64 bits per heavy atom. The molecule has 7 heteroatoms. The van der Waals surface area contributed by atoms with Crippen LogP contribution >= 0.6 is 0 Å². The first kappa shape index (κ1) is 15.4. The molecule has 114 valence electrons. The molecule has 22 heavy (non-hydrogen) atoms. The van der Waals surface area contributed by atoms with E-state index in [9.17, 15) is 19.3 Å². The van der Waals surface area contributed by atoms with E-state index in [2.05, 4.69) is 5.32 Å². The van der Waals surface area contributed by atoms with Gasteiger partial charge in [0.05, 0.1) is 4.92 Å². The van der Waals surface area contributed by atoms with Crippen LogP contribution in [-0.4, -0.2) is 10.8 Å². The summed E-state index contributed by atoms with van der Waals surface area (Å²) < 4.78 is 13.5. The molecule has 0 spiro atoms. The number of carbonyl (C=O) groups excluding carboxylic acids is 1. The number of hydrogen-bond acceptors (Lipinski definition) is 4. The van der Waals surface area contributed by atoms with Crippen LogP contribution in [0.1, 0.15) is 21.5 Å². The summed E-state index contributed by atoms with van der Waals surface area (Å²) in [5, 5.41) is 14.0. The number of carbonyl (C=O) groups is 1. The Morgan fingerprint density at radius 1 is 1.32 bits per heavy atom. The fraction of sp³-hybridized carbons (Fsp3) is 0.133. The Kier molecular flexibility index (Phi) is 4.36. The standard InChI is InChI=1S/C15H14FN3O3/c1-9-2-5-12(7-13(9)16)18-8-11-4-3-10(15(17)20)6-14(11)19(21)22/h2-7,18H,8H2,1H3,(H2,17,20). The first-order valence-corrected chi connectivity index (χ1v) is 6.45. The molecule has 2 aromatic rings. The minimum Gasteiger partial charge on any atom is -0.381 e. The van der Waals surface area contributed by atoms with Gasteiger partial charge in [-0.15, -0.1) is 0 Å². The van der Waals surface area contributed by atoms with Gasteiger partial charge in [-0.05, 0) is 36.8 Å². The van der Waals surface area contributed by atoms with Crippen LogP contribution < -0.4 is 11.1 Å². The average molecular weight is 303 g/mol. The summed E-state index contributed by atoms with van der Waals surface area (Å²) >= 11 is 0. The molecule has 0 heterocycles. The van der Waals surface area contributed by atoms with Crippen molar-refractivity contribution in [1.82, 2.24) is 0 Å². The zero-order chi connectivity index (χ0) is 16.3. The molecule has 0 aromatic heterocycles. The number of nitrogens with two attached hydrogens (primary N) is 1. The van der Waals surface area contributed by atoms with E-state index in [1.54, 1.807) is 19.1 Å². The Bertz CT molecular complexity index is 747. The van der Waals surface area contributed by atoms with E-state index in [1.807, 2.05) is 0 Å². The fourth-order valence-corrected chi connectivity index (χ4v) is 1.94. The number of benzene rings is 2. The predicted octanol–water partition coefficient (Wildman–Crippen LogP) is 2.75. The summed E-state index contributed by atoms with van der Waals surface area (Å²) in [5.74, 6) is -1.09. The van der Waals surface area contributed by atoms with Crippen molar-refractivity contribution in [2.45, 2.75) is 13.5 Å². The Balaban J connectivity index is 2.23. The number of nitrogens with zero attached hydrogens (tertiary/aromatic N) is 1. The Labute approximate surface area is 125 Å². The lowest BCUT2D eigenvalue weighted by atomic mass is 10.1. The summed E-state index contributed by atoms with van der Waals surface area (Å²) in [7, 11) is 0. The molecule has 6 nitrogen and oxygen atoms in total. The summed E-state index contributed by atoms with van der Waals surface area (Å²) in [4.78, 5) is 21.6. The number of aryl methyl sites for hydroxylation is 1. The predicted molar refractivity (Wildman–Crippen MR) is 80.1 cm³/mol. The second-order valence-electron chi connectivity index (χ2n) is 4.78. The lowest BCUT2D eigenvalue weighted by Crippen LogP contribution is -2.12. The minimum absolute atomic E-state index is 0.0665. The smallest absolute Gasteiger partial charge is 0.275 e. The molecule has 0 unspecified atom stereocenters. The Morgan fingerprint density at radius 2 is 2.05 bits per heavy atom. The van der Waals surface area contributed by atoms with Crippen LogP contribution in [-0.2, 0) is 6.54 Å². The highest BCUT2D eigenvalue weighted by molar-refractivity contribution is 5.93. The molecular weight excluding hydrogens is 289 g/mol. The lowest BCUT2D eigenvalue weighted by Gasteiger charge is -2.09. The van der Waals surface area contributed by atoms with E-state index in [1.165, 1.54) is 18.2 Å². The maximum atomic E-state index is 13.5. The van der Waals surface area contributed by atoms with Gasteiger partial charge in [-0.25, -0.2) is 4.39 Å². The van der Waals surface area contributed by atoms with E-state index in [4.69, 9.17) is 5.73 Å².